The van der Waals surface area contributed by atoms with Gasteiger partial charge < -0.3 is 14.6 Å². The number of fused-ring (bicyclic) bond motifs is 2. The Kier molecular flexibility index (Phi) is 1.22. The van der Waals surface area contributed by atoms with Crippen LogP contribution in [-0.4, -0.2) is 30.2 Å². The van der Waals surface area contributed by atoms with Gasteiger partial charge in [-0.1, -0.05) is 0 Å². The fourth-order valence-corrected chi connectivity index (χ4v) is 1.38. The molecule has 2 aliphatic heterocycles. The van der Waals surface area contributed by atoms with Crippen molar-refractivity contribution in [3.8, 4) is 0 Å². The average Bonchev–Trinajstić information content (AvgIpc) is 2.11. The number of ether oxygens (including phenoxy) is 2. The predicted molar refractivity (Wildman–Crippen MR) is 29.9 cm³/mol. The van der Waals surface area contributed by atoms with Crippen molar-refractivity contribution in [1.29, 1.82) is 0 Å². The fraction of sp³-hybridized carbons (Fsp3) is 1.00. The third kappa shape index (κ3) is 0.956. The van der Waals surface area contributed by atoms with Gasteiger partial charge in [0, 0.05) is 12.8 Å². The smallest absolute Gasteiger partial charge is 0.160 e. The van der Waals surface area contributed by atoms with Gasteiger partial charge in [0.05, 0.1) is 18.8 Å². The van der Waals surface area contributed by atoms with Gasteiger partial charge in [0.25, 0.3) is 0 Å². The first-order valence-electron chi connectivity index (χ1n) is 3.30. The van der Waals surface area contributed by atoms with E-state index in [0.717, 1.165) is 6.42 Å². The van der Waals surface area contributed by atoms with Crippen molar-refractivity contribution in [2.24, 2.45) is 0 Å². The van der Waals surface area contributed by atoms with Gasteiger partial charge in [-0.05, 0) is 0 Å². The minimum absolute atomic E-state index is 0.112. The van der Waals surface area contributed by atoms with E-state index < -0.39 is 0 Å². The predicted octanol–water partition coefficient (Wildman–Crippen LogP) is -0.117. The van der Waals surface area contributed by atoms with E-state index in [1.807, 2.05) is 0 Å². The summed E-state index contributed by atoms with van der Waals surface area (Å²) in [6.07, 6.45) is 1.25. The molecule has 0 amide bonds. The van der Waals surface area contributed by atoms with Crippen LogP contribution in [0, 0.1) is 0 Å². The van der Waals surface area contributed by atoms with Crippen molar-refractivity contribution < 1.29 is 14.6 Å². The summed E-state index contributed by atoms with van der Waals surface area (Å²) in [7, 11) is 0. The van der Waals surface area contributed by atoms with E-state index in [1.54, 1.807) is 0 Å². The van der Waals surface area contributed by atoms with Gasteiger partial charge in [-0.3, -0.25) is 0 Å². The standard InChI is InChI=1S/C6H10O3/c7-4-1-5-3-8-6(2-4)9-5/h4-7H,1-3H2/t4-,5?,6?/m0/s1. The van der Waals surface area contributed by atoms with Crippen LogP contribution in [-0.2, 0) is 9.47 Å². The molecule has 3 atom stereocenters. The summed E-state index contributed by atoms with van der Waals surface area (Å²) in [5.74, 6) is 0. The van der Waals surface area contributed by atoms with Crippen LogP contribution in [0.25, 0.3) is 0 Å². The molecule has 2 rings (SSSR count). The van der Waals surface area contributed by atoms with Crippen molar-refractivity contribution in [2.45, 2.75) is 31.3 Å². The van der Waals surface area contributed by atoms with Crippen LogP contribution in [0.5, 0.6) is 0 Å². The zero-order valence-electron chi connectivity index (χ0n) is 5.12. The van der Waals surface area contributed by atoms with Crippen LogP contribution in [0.1, 0.15) is 12.8 Å². The second-order valence-corrected chi connectivity index (χ2v) is 2.65. The lowest BCUT2D eigenvalue weighted by atomic mass is 10.1. The van der Waals surface area contributed by atoms with E-state index >= 15 is 0 Å². The van der Waals surface area contributed by atoms with Crippen molar-refractivity contribution in [3.63, 3.8) is 0 Å². The molecule has 0 spiro atoms. The molecule has 9 heavy (non-hydrogen) atoms. The topological polar surface area (TPSA) is 38.7 Å². The fourth-order valence-electron chi connectivity index (χ4n) is 1.38. The summed E-state index contributed by atoms with van der Waals surface area (Å²) in [4.78, 5) is 0. The zero-order valence-corrected chi connectivity index (χ0v) is 5.12. The molecule has 0 saturated carbocycles. The Bertz CT molecular complexity index is 103. The third-order valence-corrected chi connectivity index (χ3v) is 1.81. The minimum Gasteiger partial charge on any atom is -0.393 e. The van der Waals surface area contributed by atoms with Crippen molar-refractivity contribution in [2.75, 3.05) is 6.61 Å². The summed E-state index contributed by atoms with van der Waals surface area (Å²) < 4.78 is 10.5. The lowest BCUT2D eigenvalue weighted by Gasteiger charge is -2.21. The Morgan fingerprint density at radius 1 is 1.33 bits per heavy atom. The van der Waals surface area contributed by atoms with E-state index in [9.17, 15) is 0 Å². The van der Waals surface area contributed by atoms with Gasteiger partial charge in [0.1, 0.15) is 0 Å². The molecule has 0 aliphatic carbocycles. The highest BCUT2D eigenvalue weighted by atomic mass is 16.7. The van der Waals surface area contributed by atoms with Crippen molar-refractivity contribution in [3.05, 3.63) is 0 Å². The molecule has 52 valence electrons. The monoisotopic (exact) mass is 130 g/mol. The Morgan fingerprint density at radius 2 is 2.22 bits per heavy atom. The van der Waals surface area contributed by atoms with Crippen LogP contribution in [0.4, 0.5) is 0 Å². The molecular formula is C6H10O3. The number of hydrogen-bond acceptors (Lipinski definition) is 3. The first kappa shape index (κ1) is 5.65. The Morgan fingerprint density at radius 3 is 3.00 bits per heavy atom. The molecule has 3 nitrogen and oxygen atoms in total. The van der Waals surface area contributed by atoms with E-state index in [0.29, 0.717) is 13.0 Å². The maximum Gasteiger partial charge on any atom is 0.160 e. The summed E-state index contributed by atoms with van der Waals surface area (Å²) in [5, 5.41) is 9.13. The second-order valence-electron chi connectivity index (χ2n) is 2.65. The summed E-state index contributed by atoms with van der Waals surface area (Å²) in [6.45, 7) is 0.668. The normalized spacial score (nSPS) is 49.7. The van der Waals surface area contributed by atoms with Gasteiger partial charge in [-0.15, -0.1) is 0 Å². The molecule has 2 aliphatic rings. The summed E-state index contributed by atoms with van der Waals surface area (Å²) in [6, 6.07) is 0. The quantitative estimate of drug-likeness (QED) is 0.497. The molecule has 2 bridgehead atoms. The maximum atomic E-state index is 9.13. The molecular weight excluding hydrogens is 120 g/mol. The van der Waals surface area contributed by atoms with Crippen LogP contribution in [0.2, 0.25) is 0 Å². The molecule has 2 unspecified atom stereocenters. The Balaban J connectivity index is 2.03. The van der Waals surface area contributed by atoms with Gasteiger partial charge in [0.15, 0.2) is 6.29 Å². The van der Waals surface area contributed by atoms with E-state index in [1.165, 1.54) is 0 Å². The zero-order chi connectivity index (χ0) is 6.27. The number of hydrogen-bond donors (Lipinski definition) is 1. The molecule has 0 radical (unpaired) electrons. The summed E-state index contributed by atoms with van der Waals surface area (Å²) in [5.41, 5.74) is 0. The highest BCUT2D eigenvalue weighted by Gasteiger charge is 2.34. The highest BCUT2D eigenvalue weighted by Crippen LogP contribution is 2.26. The van der Waals surface area contributed by atoms with Gasteiger partial charge in [0.2, 0.25) is 0 Å². The highest BCUT2D eigenvalue weighted by molar-refractivity contribution is 4.77. The number of aliphatic hydroxyl groups excluding tert-OH is 1. The maximum absolute atomic E-state index is 9.13. The second kappa shape index (κ2) is 1.94. The van der Waals surface area contributed by atoms with Gasteiger partial charge in [-0.25, -0.2) is 0 Å². The first-order valence-corrected chi connectivity index (χ1v) is 3.30. The number of rotatable bonds is 0. The molecule has 2 heterocycles. The SMILES string of the molecule is O[C@H]1CC2COC(C1)O2. The van der Waals surface area contributed by atoms with Crippen LogP contribution in [0.15, 0.2) is 0 Å². The molecule has 0 aromatic carbocycles. The molecule has 3 heteroatoms. The first-order chi connectivity index (χ1) is 4.34. The van der Waals surface area contributed by atoms with Gasteiger partial charge in [-0.2, -0.15) is 0 Å². The van der Waals surface area contributed by atoms with Crippen molar-refractivity contribution in [1.82, 2.24) is 0 Å². The molecule has 2 saturated heterocycles. The molecule has 1 N–H and O–H groups in total. The molecule has 0 aromatic rings. The minimum atomic E-state index is -0.198. The van der Waals surface area contributed by atoms with E-state index in [4.69, 9.17) is 14.6 Å². The molecule has 2 fully saturated rings. The van der Waals surface area contributed by atoms with Crippen LogP contribution in [0.3, 0.4) is 0 Å². The van der Waals surface area contributed by atoms with Crippen LogP contribution < -0.4 is 0 Å². The van der Waals surface area contributed by atoms with Crippen molar-refractivity contribution >= 4 is 0 Å². The van der Waals surface area contributed by atoms with Gasteiger partial charge >= 0.3 is 0 Å². The Hall–Kier alpha value is -0.120. The summed E-state index contributed by atoms with van der Waals surface area (Å²) >= 11 is 0. The van der Waals surface area contributed by atoms with E-state index in [2.05, 4.69) is 0 Å². The Labute approximate surface area is 53.6 Å². The average molecular weight is 130 g/mol. The third-order valence-electron chi connectivity index (χ3n) is 1.81. The van der Waals surface area contributed by atoms with Crippen LogP contribution >= 0.6 is 0 Å². The lowest BCUT2D eigenvalue weighted by Crippen LogP contribution is -2.28. The lowest BCUT2D eigenvalue weighted by molar-refractivity contribution is -0.116. The molecule has 0 aromatic heterocycles. The van der Waals surface area contributed by atoms with E-state index in [-0.39, 0.29) is 18.5 Å². The number of aliphatic hydroxyl groups is 1. The largest absolute Gasteiger partial charge is 0.393 e.